The van der Waals surface area contributed by atoms with Gasteiger partial charge < -0.3 is 9.84 Å². The van der Waals surface area contributed by atoms with Gasteiger partial charge in [0.2, 0.25) is 0 Å². The molecule has 0 aliphatic heterocycles. The topological polar surface area (TPSA) is 29.5 Å². The quantitative estimate of drug-likeness (QED) is 0.909. The van der Waals surface area contributed by atoms with Gasteiger partial charge in [0.1, 0.15) is 11.9 Å². The van der Waals surface area contributed by atoms with Crippen molar-refractivity contribution in [1.29, 1.82) is 0 Å². The van der Waals surface area contributed by atoms with Crippen LogP contribution in [0.25, 0.3) is 0 Å². The van der Waals surface area contributed by atoms with Gasteiger partial charge in [-0.25, -0.2) is 0 Å². The number of hydrogen-bond donors (Lipinski definition) is 1. The molecule has 1 fully saturated rings. The van der Waals surface area contributed by atoms with E-state index in [-0.39, 0.29) is 0 Å². The van der Waals surface area contributed by atoms with Gasteiger partial charge in [-0.2, -0.15) is 0 Å². The SMILES string of the molecule is COc1ccc(C(O)c2ccc(C3CC3)cc2)c(C)c1. The smallest absolute Gasteiger partial charge is 0.119 e. The highest BCUT2D eigenvalue weighted by Crippen LogP contribution is 2.40. The van der Waals surface area contributed by atoms with E-state index in [1.165, 1.54) is 18.4 Å². The van der Waals surface area contributed by atoms with Crippen molar-refractivity contribution in [3.63, 3.8) is 0 Å². The third-order valence-electron chi connectivity index (χ3n) is 4.07. The Kier molecular flexibility index (Phi) is 3.49. The summed E-state index contributed by atoms with van der Waals surface area (Å²) in [6.07, 6.45) is 2.04. The van der Waals surface area contributed by atoms with E-state index in [0.29, 0.717) is 0 Å². The molecule has 2 nitrogen and oxygen atoms in total. The summed E-state index contributed by atoms with van der Waals surface area (Å²) >= 11 is 0. The highest BCUT2D eigenvalue weighted by Gasteiger charge is 2.23. The Balaban J connectivity index is 1.85. The molecule has 20 heavy (non-hydrogen) atoms. The van der Waals surface area contributed by atoms with Gasteiger partial charge in [0.05, 0.1) is 7.11 Å². The van der Waals surface area contributed by atoms with Crippen molar-refractivity contribution < 1.29 is 9.84 Å². The first-order valence-corrected chi connectivity index (χ1v) is 7.11. The largest absolute Gasteiger partial charge is 0.497 e. The maximum atomic E-state index is 10.5. The Bertz CT molecular complexity index is 597. The van der Waals surface area contributed by atoms with Crippen LogP contribution < -0.4 is 4.74 Å². The summed E-state index contributed by atoms with van der Waals surface area (Å²) in [5.41, 5.74) is 4.32. The minimum Gasteiger partial charge on any atom is -0.497 e. The monoisotopic (exact) mass is 268 g/mol. The zero-order valence-electron chi connectivity index (χ0n) is 12.0. The fourth-order valence-electron chi connectivity index (χ4n) is 2.63. The van der Waals surface area contributed by atoms with E-state index in [1.807, 2.05) is 37.3 Å². The van der Waals surface area contributed by atoms with Crippen molar-refractivity contribution in [2.24, 2.45) is 0 Å². The molecule has 2 aromatic rings. The number of aliphatic hydroxyl groups is 1. The van der Waals surface area contributed by atoms with Gasteiger partial charge in [-0.05, 0) is 60.1 Å². The number of aliphatic hydroxyl groups excluding tert-OH is 1. The van der Waals surface area contributed by atoms with E-state index in [0.717, 1.165) is 28.4 Å². The lowest BCUT2D eigenvalue weighted by molar-refractivity contribution is 0.219. The van der Waals surface area contributed by atoms with E-state index in [1.54, 1.807) is 7.11 Å². The van der Waals surface area contributed by atoms with Gasteiger partial charge in [-0.1, -0.05) is 30.3 Å². The molecule has 0 heterocycles. The molecule has 0 radical (unpaired) electrons. The summed E-state index contributed by atoms with van der Waals surface area (Å²) in [4.78, 5) is 0. The molecule has 0 bridgehead atoms. The normalized spacial score (nSPS) is 15.9. The van der Waals surface area contributed by atoms with Gasteiger partial charge in [-0.15, -0.1) is 0 Å². The molecule has 104 valence electrons. The number of ether oxygens (including phenoxy) is 1. The summed E-state index contributed by atoms with van der Waals surface area (Å²) in [5.74, 6) is 1.58. The Hall–Kier alpha value is -1.80. The van der Waals surface area contributed by atoms with Gasteiger partial charge in [-0.3, -0.25) is 0 Å². The highest BCUT2D eigenvalue weighted by molar-refractivity contribution is 5.41. The maximum Gasteiger partial charge on any atom is 0.119 e. The highest BCUT2D eigenvalue weighted by atomic mass is 16.5. The lowest BCUT2D eigenvalue weighted by atomic mass is 9.96. The fraction of sp³-hybridized carbons (Fsp3) is 0.333. The number of benzene rings is 2. The van der Waals surface area contributed by atoms with E-state index < -0.39 is 6.10 Å². The molecule has 0 amide bonds. The van der Waals surface area contributed by atoms with Gasteiger partial charge in [0, 0.05) is 0 Å². The van der Waals surface area contributed by atoms with Crippen LogP contribution in [0.3, 0.4) is 0 Å². The summed E-state index contributed by atoms with van der Waals surface area (Å²) in [5, 5.41) is 10.5. The first-order chi connectivity index (χ1) is 9.69. The van der Waals surface area contributed by atoms with Gasteiger partial charge in [0.25, 0.3) is 0 Å². The number of hydrogen-bond acceptors (Lipinski definition) is 2. The molecule has 1 aliphatic rings. The minimum atomic E-state index is -0.575. The van der Waals surface area contributed by atoms with E-state index in [4.69, 9.17) is 4.74 Å². The second kappa shape index (κ2) is 5.29. The van der Waals surface area contributed by atoms with Crippen LogP contribution in [-0.4, -0.2) is 12.2 Å². The molecule has 0 spiro atoms. The standard InChI is InChI=1S/C18H20O2/c1-12-11-16(20-2)9-10-17(12)18(19)15-7-5-14(6-8-15)13-3-4-13/h5-11,13,18-19H,3-4H2,1-2H3. The number of aryl methyl sites for hydroxylation is 1. The van der Waals surface area contributed by atoms with Crippen LogP contribution in [-0.2, 0) is 0 Å². The van der Waals surface area contributed by atoms with Crippen LogP contribution >= 0.6 is 0 Å². The van der Waals surface area contributed by atoms with Crippen molar-refractivity contribution in [3.8, 4) is 5.75 Å². The van der Waals surface area contributed by atoms with Crippen molar-refractivity contribution in [2.75, 3.05) is 7.11 Å². The average molecular weight is 268 g/mol. The second-order valence-corrected chi connectivity index (χ2v) is 5.57. The van der Waals surface area contributed by atoms with E-state index in [9.17, 15) is 5.11 Å². The van der Waals surface area contributed by atoms with Crippen molar-refractivity contribution in [1.82, 2.24) is 0 Å². The van der Waals surface area contributed by atoms with Gasteiger partial charge in [0.15, 0.2) is 0 Å². The van der Waals surface area contributed by atoms with Crippen LogP contribution in [0.5, 0.6) is 5.75 Å². The Labute approximate surface area is 120 Å². The first kappa shape index (κ1) is 13.2. The Morgan fingerprint density at radius 3 is 2.35 bits per heavy atom. The maximum absolute atomic E-state index is 10.5. The lowest BCUT2D eigenvalue weighted by Gasteiger charge is -2.15. The minimum absolute atomic E-state index is 0.575. The fourth-order valence-corrected chi connectivity index (χ4v) is 2.63. The molecule has 1 saturated carbocycles. The third-order valence-corrected chi connectivity index (χ3v) is 4.07. The molecule has 3 rings (SSSR count). The summed E-state index contributed by atoms with van der Waals surface area (Å²) in [7, 11) is 1.65. The number of methoxy groups -OCH3 is 1. The predicted octanol–water partition coefficient (Wildman–Crippen LogP) is 3.96. The molecule has 1 N–H and O–H groups in total. The molecular weight excluding hydrogens is 248 g/mol. The molecule has 1 aliphatic carbocycles. The molecule has 2 aromatic carbocycles. The van der Waals surface area contributed by atoms with Crippen molar-refractivity contribution in [3.05, 3.63) is 64.7 Å². The van der Waals surface area contributed by atoms with Crippen LogP contribution in [0.1, 0.15) is 47.1 Å². The summed E-state index contributed by atoms with van der Waals surface area (Å²) < 4.78 is 5.20. The zero-order valence-corrected chi connectivity index (χ0v) is 12.0. The molecule has 0 aromatic heterocycles. The van der Waals surface area contributed by atoms with E-state index in [2.05, 4.69) is 12.1 Å². The Morgan fingerprint density at radius 1 is 1.10 bits per heavy atom. The second-order valence-electron chi connectivity index (χ2n) is 5.57. The molecule has 1 unspecified atom stereocenters. The van der Waals surface area contributed by atoms with Crippen LogP contribution in [0.2, 0.25) is 0 Å². The van der Waals surface area contributed by atoms with Crippen molar-refractivity contribution >= 4 is 0 Å². The molecular formula is C18H20O2. The number of rotatable bonds is 4. The van der Waals surface area contributed by atoms with Crippen LogP contribution in [0, 0.1) is 6.92 Å². The Morgan fingerprint density at radius 2 is 1.80 bits per heavy atom. The lowest BCUT2D eigenvalue weighted by Crippen LogP contribution is -2.02. The summed E-state index contributed by atoms with van der Waals surface area (Å²) in [6.45, 7) is 2.00. The summed E-state index contributed by atoms with van der Waals surface area (Å²) in [6, 6.07) is 14.2. The van der Waals surface area contributed by atoms with Crippen molar-refractivity contribution in [2.45, 2.75) is 31.8 Å². The first-order valence-electron chi connectivity index (χ1n) is 7.11. The predicted molar refractivity (Wildman–Crippen MR) is 80.2 cm³/mol. The molecule has 1 atom stereocenters. The third kappa shape index (κ3) is 2.56. The van der Waals surface area contributed by atoms with Crippen LogP contribution in [0.15, 0.2) is 42.5 Å². The van der Waals surface area contributed by atoms with Crippen LogP contribution in [0.4, 0.5) is 0 Å². The zero-order chi connectivity index (χ0) is 14.1. The average Bonchev–Trinajstić information content (AvgIpc) is 3.31. The molecule has 2 heteroatoms. The molecule has 0 saturated heterocycles. The van der Waals surface area contributed by atoms with E-state index >= 15 is 0 Å². The van der Waals surface area contributed by atoms with Gasteiger partial charge >= 0.3 is 0 Å².